The molecular weight excluding hydrogens is 204 g/mol. The van der Waals surface area contributed by atoms with Crippen molar-refractivity contribution in [2.45, 2.75) is 53.6 Å². The molecule has 0 bridgehead atoms. The molecule has 0 spiro atoms. The number of hydrogen-bond acceptors (Lipinski definition) is 3. The summed E-state index contributed by atoms with van der Waals surface area (Å²) in [6, 6.07) is 0. The maximum absolute atomic E-state index is 11.8. The number of carbonyl (C=O) groups is 1. The Bertz CT molecular complexity index is 216. The van der Waals surface area contributed by atoms with E-state index in [4.69, 9.17) is 0 Å². The number of carbonyl (C=O) groups excluding carboxylic acids is 1. The maximum Gasteiger partial charge on any atom is 0.166 e. The van der Waals surface area contributed by atoms with Crippen LogP contribution in [0.2, 0.25) is 0 Å². The summed E-state index contributed by atoms with van der Waals surface area (Å²) in [6.45, 7) is 9.41. The molecule has 0 aromatic carbocycles. The zero-order chi connectivity index (χ0) is 12.9. The van der Waals surface area contributed by atoms with E-state index in [2.05, 4.69) is 13.8 Å². The zero-order valence-electron chi connectivity index (χ0n) is 11.2. The van der Waals surface area contributed by atoms with Crippen molar-refractivity contribution in [3.05, 3.63) is 0 Å². The van der Waals surface area contributed by atoms with Crippen molar-refractivity contribution >= 4 is 5.78 Å². The molecule has 2 N–H and O–H groups in total. The fourth-order valence-corrected chi connectivity index (χ4v) is 1.55. The van der Waals surface area contributed by atoms with Crippen molar-refractivity contribution in [2.75, 3.05) is 6.61 Å². The SMILES string of the molecule is CC(C)CC[C@@H](CO)[C@@H](O)C(=O)C(C)(C)C. The molecule has 0 saturated carbocycles. The molecule has 0 amide bonds. The van der Waals surface area contributed by atoms with Crippen LogP contribution in [0.3, 0.4) is 0 Å². The number of rotatable bonds is 6. The lowest BCUT2D eigenvalue weighted by Crippen LogP contribution is -2.39. The van der Waals surface area contributed by atoms with Gasteiger partial charge in [0.2, 0.25) is 0 Å². The normalized spacial score (nSPS) is 16.2. The van der Waals surface area contributed by atoms with E-state index in [0.717, 1.165) is 6.42 Å². The molecule has 0 aromatic heterocycles. The zero-order valence-corrected chi connectivity index (χ0v) is 11.2. The van der Waals surface area contributed by atoms with Gasteiger partial charge >= 0.3 is 0 Å². The maximum atomic E-state index is 11.8. The van der Waals surface area contributed by atoms with Gasteiger partial charge in [-0.2, -0.15) is 0 Å². The third-order valence-electron chi connectivity index (χ3n) is 2.80. The number of ketones is 1. The topological polar surface area (TPSA) is 57.5 Å². The smallest absolute Gasteiger partial charge is 0.166 e. The van der Waals surface area contributed by atoms with Gasteiger partial charge in [-0.25, -0.2) is 0 Å². The largest absolute Gasteiger partial charge is 0.396 e. The van der Waals surface area contributed by atoms with Crippen molar-refractivity contribution in [1.82, 2.24) is 0 Å². The van der Waals surface area contributed by atoms with Gasteiger partial charge in [0.1, 0.15) is 6.10 Å². The highest BCUT2D eigenvalue weighted by Gasteiger charge is 2.33. The number of hydrogen-bond donors (Lipinski definition) is 2. The summed E-state index contributed by atoms with van der Waals surface area (Å²) in [6.07, 6.45) is 0.570. The molecule has 0 fully saturated rings. The Morgan fingerprint density at radius 2 is 1.69 bits per heavy atom. The highest BCUT2D eigenvalue weighted by atomic mass is 16.3. The van der Waals surface area contributed by atoms with Gasteiger partial charge in [-0.1, -0.05) is 41.0 Å². The summed E-state index contributed by atoms with van der Waals surface area (Å²) < 4.78 is 0. The van der Waals surface area contributed by atoms with Gasteiger partial charge in [0, 0.05) is 17.9 Å². The highest BCUT2D eigenvalue weighted by molar-refractivity contribution is 5.87. The van der Waals surface area contributed by atoms with Crippen LogP contribution in [0.1, 0.15) is 47.5 Å². The molecule has 0 aromatic rings. The van der Waals surface area contributed by atoms with Crippen molar-refractivity contribution < 1.29 is 15.0 Å². The Hall–Kier alpha value is -0.410. The lowest BCUT2D eigenvalue weighted by Gasteiger charge is -2.26. The van der Waals surface area contributed by atoms with E-state index in [1.807, 2.05) is 0 Å². The van der Waals surface area contributed by atoms with E-state index in [-0.39, 0.29) is 18.3 Å². The first-order chi connectivity index (χ1) is 7.20. The van der Waals surface area contributed by atoms with Gasteiger partial charge in [0.25, 0.3) is 0 Å². The molecular formula is C13H26O3. The summed E-state index contributed by atoms with van der Waals surface area (Å²) in [7, 11) is 0. The van der Waals surface area contributed by atoms with Gasteiger partial charge in [-0.3, -0.25) is 4.79 Å². The molecule has 0 rings (SSSR count). The van der Waals surface area contributed by atoms with Gasteiger partial charge in [0.05, 0.1) is 0 Å². The number of aliphatic hydroxyl groups is 2. The van der Waals surface area contributed by atoms with Crippen molar-refractivity contribution in [3.8, 4) is 0 Å². The Balaban J connectivity index is 4.41. The van der Waals surface area contributed by atoms with Crippen molar-refractivity contribution in [2.24, 2.45) is 17.3 Å². The molecule has 0 aliphatic carbocycles. The minimum atomic E-state index is -1.04. The number of aliphatic hydroxyl groups excluding tert-OH is 2. The molecule has 0 radical (unpaired) electrons. The molecule has 3 nitrogen and oxygen atoms in total. The summed E-state index contributed by atoms with van der Waals surface area (Å²) in [4.78, 5) is 11.8. The van der Waals surface area contributed by atoms with E-state index < -0.39 is 11.5 Å². The third-order valence-corrected chi connectivity index (χ3v) is 2.80. The number of Topliss-reactive ketones (excluding diaryl/α,β-unsaturated/α-hetero) is 1. The quantitative estimate of drug-likeness (QED) is 0.734. The predicted molar refractivity (Wildman–Crippen MR) is 65.1 cm³/mol. The second kappa shape index (κ2) is 6.36. The van der Waals surface area contributed by atoms with Gasteiger partial charge in [0.15, 0.2) is 5.78 Å². The Kier molecular flexibility index (Phi) is 6.19. The predicted octanol–water partition coefficient (Wildman–Crippen LogP) is 2.01. The van der Waals surface area contributed by atoms with Crippen LogP contribution in [-0.4, -0.2) is 28.7 Å². The minimum Gasteiger partial charge on any atom is -0.396 e. The molecule has 0 heterocycles. The van der Waals surface area contributed by atoms with Gasteiger partial charge < -0.3 is 10.2 Å². The Morgan fingerprint density at radius 1 is 1.19 bits per heavy atom. The van der Waals surface area contributed by atoms with Crippen LogP contribution in [0.5, 0.6) is 0 Å². The molecule has 0 saturated heterocycles. The van der Waals surface area contributed by atoms with Crippen LogP contribution >= 0.6 is 0 Å². The fraction of sp³-hybridized carbons (Fsp3) is 0.923. The molecule has 96 valence electrons. The second-order valence-corrected chi connectivity index (χ2v) is 5.97. The molecule has 2 atom stereocenters. The highest BCUT2D eigenvalue weighted by Crippen LogP contribution is 2.23. The first kappa shape index (κ1) is 15.6. The summed E-state index contributed by atoms with van der Waals surface area (Å²) in [5.41, 5.74) is -0.551. The minimum absolute atomic E-state index is 0.129. The molecule has 0 aliphatic heterocycles. The first-order valence-corrected chi connectivity index (χ1v) is 6.03. The van der Waals surface area contributed by atoms with Crippen molar-refractivity contribution in [3.63, 3.8) is 0 Å². The molecule has 16 heavy (non-hydrogen) atoms. The van der Waals surface area contributed by atoms with Crippen LogP contribution in [0.4, 0.5) is 0 Å². The standard InChI is InChI=1S/C13H26O3/c1-9(2)6-7-10(8-14)11(15)12(16)13(3,4)5/h9-11,14-15H,6-8H2,1-5H3/t10-,11+/m0/s1. The van der Waals surface area contributed by atoms with Crippen LogP contribution < -0.4 is 0 Å². The van der Waals surface area contributed by atoms with Crippen LogP contribution in [0, 0.1) is 17.3 Å². The Morgan fingerprint density at radius 3 is 2.00 bits per heavy atom. The fourth-order valence-electron chi connectivity index (χ4n) is 1.55. The summed E-state index contributed by atoms with van der Waals surface area (Å²) in [5.74, 6) is 0.00965. The van der Waals surface area contributed by atoms with E-state index in [1.165, 1.54) is 0 Å². The lowest BCUT2D eigenvalue weighted by atomic mass is 9.81. The molecule has 3 heteroatoms. The van der Waals surface area contributed by atoms with Gasteiger partial charge in [-0.15, -0.1) is 0 Å². The molecule has 0 unspecified atom stereocenters. The van der Waals surface area contributed by atoms with Gasteiger partial charge in [-0.05, 0) is 12.3 Å². The summed E-state index contributed by atoms with van der Waals surface area (Å²) >= 11 is 0. The van der Waals surface area contributed by atoms with Crippen molar-refractivity contribution in [1.29, 1.82) is 0 Å². The average molecular weight is 230 g/mol. The Labute approximate surface area is 98.9 Å². The second-order valence-electron chi connectivity index (χ2n) is 5.97. The monoisotopic (exact) mass is 230 g/mol. The van der Waals surface area contributed by atoms with E-state index in [1.54, 1.807) is 20.8 Å². The lowest BCUT2D eigenvalue weighted by molar-refractivity contribution is -0.138. The summed E-state index contributed by atoms with van der Waals surface area (Å²) in [5, 5.41) is 19.1. The third kappa shape index (κ3) is 5.08. The van der Waals surface area contributed by atoms with E-state index in [0.29, 0.717) is 12.3 Å². The first-order valence-electron chi connectivity index (χ1n) is 6.03. The van der Waals surface area contributed by atoms with Crippen LogP contribution in [0.15, 0.2) is 0 Å². The van der Waals surface area contributed by atoms with E-state index >= 15 is 0 Å². The van der Waals surface area contributed by atoms with Crippen LogP contribution in [0.25, 0.3) is 0 Å². The molecule has 0 aliphatic rings. The van der Waals surface area contributed by atoms with E-state index in [9.17, 15) is 15.0 Å². The average Bonchev–Trinajstić information content (AvgIpc) is 2.15. The van der Waals surface area contributed by atoms with Crippen LogP contribution in [-0.2, 0) is 4.79 Å².